The van der Waals surface area contributed by atoms with Gasteiger partial charge < -0.3 is 5.11 Å². The van der Waals surface area contributed by atoms with Crippen LogP contribution in [0.25, 0.3) is 0 Å². The summed E-state index contributed by atoms with van der Waals surface area (Å²) in [5.41, 5.74) is 0. The van der Waals surface area contributed by atoms with E-state index in [4.69, 9.17) is 0 Å². The number of aliphatic hydroxyl groups excluding tert-OH is 1. The molecule has 29 heavy (non-hydrogen) atoms. The van der Waals surface area contributed by atoms with Crippen molar-refractivity contribution < 1.29 is 9.59 Å². The predicted octanol–water partition coefficient (Wildman–Crippen LogP) is 7.39. The van der Waals surface area contributed by atoms with E-state index in [1.165, 1.54) is 96.3 Å². The molecule has 3 unspecified atom stereocenters. The van der Waals surface area contributed by atoms with Crippen molar-refractivity contribution in [3.63, 3.8) is 0 Å². The van der Waals surface area contributed by atoms with E-state index >= 15 is 0 Å². The molecule has 1 rings (SSSR count). The molecule has 0 bridgehead atoms. The van der Waals surface area contributed by atoms with E-state index in [1.807, 2.05) is 13.1 Å². The molecule has 0 amide bonds. The molecule has 1 aliphatic heterocycles. The van der Waals surface area contributed by atoms with Gasteiger partial charge in [-0.1, -0.05) is 83.3 Å². The summed E-state index contributed by atoms with van der Waals surface area (Å²) in [7, 11) is 0. The van der Waals surface area contributed by atoms with Gasteiger partial charge in [0.1, 0.15) is 6.54 Å². The Hall–Kier alpha value is -0.670. The molecular weight excluding hydrogens is 356 g/mol. The number of aliphatic hydroxyl groups is 1. The third-order valence-corrected chi connectivity index (χ3v) is 6.85. The molecule has 0 saturated heterocycles. The van der Waals surface area contributed by atoms with Crippen molar-refractivity contribution in [2.75, 3.05) is 13.1 Å². The normalized spacial score (nSPS) is 22.7. The summed E-state index contributed by atoms with van der Waals surface area (Å²) in [4.78, 5) is 4.67. The topological polar surface area (TPSA) is 32.6 Å². The van der Waals surface area contributed by atoms with E-state index in [1.54, 1.807) is 0 Å². The molecule has 0 spiro atoms. The molecule has 3 atom stereocenters. The van der Waals surface area contributed by atoms with Gasteiger partial charge in [-0.3, -0.25) is 4.48 Å². The van der Waals surface area contributed by atoms with E-state index in [0.29, 0.717) is 0 Å². The van der Waals surface area contributed by atoms with Crippen LogP contribution in [0, 0.1) is 0 Å². The Kier molecular flexibility index (Phi) is 15.5. The Labute approximate surface area is 182 Å². The molecule has 0 aromatic heterocycles. The van der Waals surface area contributed by atoms with Crippen LogP contribution in [0.3, 0.4) is 0 Å². The van der Waals surface area contributed by atoms with Crippen molar-refractivity contribution in [3.05, 3.63) is 12.2 Å². The SMILES string of the molecule is CCCCCCCCCCCC/C=C/CCCCCC1N=CC[N+]1(CC)C(C)O. The second-order valence-corrected chi connectivity index (χ2v) is 9.13. The van der Waals surface area contributed by atoms with E-state index < -0.39 is 0 Å². The van der Waals surface area contributed by atoms with Gasteiger partial charge in [-0.05, 0) is 39.0 Å². The third-order valence-electron chi connectivity index (χ3n) is 6.85. The minimum absolute atomic E-state index is 0.270. The van der Waals surface area contributed by atoms with Gasteiger partial charge in [-0.15, -0.1) is 0 Å². The van der Waals surface area contributed by atoms with Gasteiger partial charge in [-0.2, -0.15) is 0 Å². The van der Waals surface area contributed by atoms with Crippen LogP contribution in [-0.4, -0.2) is 41.3 Å². The number of quaternary nitrogens is 1. The average molecular weight is 408 g/mol. The first-order chi connectivity index (χ1) is 14.2. The summed E-state index contributed by atoms with van der Waals surface area (Å²) < 4.78 is 0.735. The molecule has 0 aromatic rings. The molecule has 1 aliphatic rings. The monoisotopic (exact) mass is 407 g/mol. The number of hydrogen-bond acceptors (Lipinski definition) is 2. The average Bonchev–Trinajstić information content (AvgIpc) is 3.14. The highest BCUT2D eigenvalue weighted by Crippen LogP contribution is 2.26. The number of rotatable bonds is 19. The Morgan fingerprint density at radius 3 is 1.90 bits per heavy atom. The van der Waals surface area contributed by atoms with Crippen LogP contribution >= 0.6 is 0 Å². The first-order valence-corrected chi connectivity index (χ1v) is 12.9. The fourth-order valence-corrected chi connectivity index (χ4v) is 4.66. The molecule has 3 nitrogen and oxygen atoms in total. The van der Waals surface area contributed by atoms with Crippen LogP contribution < -0.4 is 0 Å². The fourth-order valence-electron chi connectivity index (χ4n) is 4.66. The van der Waals surface area contributed by atoms with Crippen LogP contribution in [0.2, 0.25) is 0 Å². The Morgan fingerprint density at radius 1 is 0.862 bits per heavy atom. The number of unbranched alkanes of at least 4 members (excludes halogenated alkanes) is 13. The summed E-state index contributed by atoms with van der Waals surface area (Å²) in [6.45, 7) is 8.24. The minimum atomic E-state index is -0.318. The van der Waals surface area contributed by atoms with Crippen LogP contribution in [-0.2, 0) is 0 Å². The van der Waals surface area contributed by atoms with Crippen molar-refractivity contribution in [1.82, 2.24) is 0 Å². The first-order valence-electron chi connectivity index (χ1n) is 12.9. The zero-order chi connectivity index (χ0) is 21.2. The summed E-state index contributed by atoms with van der Waals surface area (Å²) in [6, 6.07) is 0. The molecule has 0 fully saturated rings. The van der Waals surface area contributed by atoms with Crippen molar-refractivity contribution >= 4 is 6.21 Å². The maximum Gasteiger partial charge on any atom is 0.189 e. The number of aliphatic imine (C=N–C) groups is 1. The van der Waals surface area contributed by atoms with E-state index in [2.05, 4.69) is 31.0 Å². The van der Waals surface area contributed by atoms with Crippen molar-refractivity contribution in [1.29, 1.82) is 0 Å². The molecule has 1 heterocycles. The lowest BCUT2D eigenvalue weighted by Crippen LogP contribution is -2.57. The highest BCUT2D eigenvalue weighted by molar-refractivity contribution is 5.60. The molecular formula is C26H51N2O+. The maximum atomic E-state index is 10.2. The van der Waals surface area contributed by atoms with Gasteiger partial charge in [-0.25, -0.2) is 4.99 Å². The third kappa shape index (κ3) is 10.8. The van der Waals surface area contributed by atoms with Crippen molar-refractivity contribution in [2.24, 2.45) is 4.99 Å². The molecule has 1 N–H and O–H groups in total. The number of hydrogen-bond donors (Lipinski definition) is 1. The smallest absolute Gasteiger partial charge is 0.189 e. The molecule has 0 aliphatic carbocycles. The van der Waals surface area contributed by atoms with Crippen LogP contribution in [0.1, 0.15) is 124 Å². The van der Waals surface area contributed by atoms with Crippen LogP contribution in [0.15, 0.2) is 17.1 Å². The van der Waals surface area contributed by atoms with Gasteiger partial charge in [0.25, 0.3) is 0 Å². The van der Waals surface area contributed by atoms with E-state index in [0.717, 1.165) is 24.0 Å². The molecule has 0 saturated carbocycles. The summed E-state index contributed by atoms with van der Waals surface area (Å²) >= 11 is 0. The molecule has 0 aromatic carbocycles. The predicted molar refractivity (Wildman–Crippen MR) is 128 cm³/mol. The lowest BCUT2D eigenvalue weighted by Gasteiger charge is -2.40. The Morgan fingerprint density at radius 2 is 1.38 bits per heavy atom. The lowest BCUT2D eigenvalue weighted by atomic mass is 10.1. The molecule has 0 radical (unpaired) electrons. The number of nitrogens with zero attached hydrogens (tertiary/aromatic N) is 2. The van der Waals surface area contributed by atoms with Gasteiger partial charge >= 0.3 is 0 Å². The van der Waals surface area contributed by atoms with Crippen molar-refractivity contribution in [3.8, 4) is 0 Å². The van der Waals surface area contributed by atoms with Crippen LogP contribution in [0.5, 0.6) is 0 Å². The van der Waals surface area contributed by atoms with E-state index in [9.17, 15) is 5.11 Å². The second kappa shape index (κ2) is 17.1. The second-order valence-electron chi connectivity index (χ2n) is 9.13. The number of allylic oxidation sites excluding steroid dienone is 2. The van der Waals surface area contributed by atoms with Gasteiger partial charge in [0, 0.05) is 13.3 Å². The standard InChI is InChI=1S/C26H51N2O/c1-4-6-7-8-9-10-11-12-13-14-15-16-17-18-19-20-21-22-26-27-23-24-28(26,5-2)25(3)29/h16-17,23,25-26,29H,4-15,18-22,24H2,1-3H3/q+1/b17-16+. The Bertz CT molecular complexity index is 432. The first kappa shape index (κ1) is 26.4. The summed E-state index contributed by atoms with van der Waals surface area (Å²) in [5, 5.41) is 10.2. The van der Waals surface area contributed by atoms with Crippen molar-refractivity contribution in [2.45, 2.75) is 136 Å². The minimum Gasteiger partial charge on any atom is -0.345 e. The summed E-state index contributed by atoms with van der Waals surface area (Å²) in [5.74, 6) is 0. The summed E-state index contributed by atoms with van der Waals surface area (Å²) in [6.07, 6.45) is 28.3. The van der Waals surface area contributed by atoms with E-state index in [-0.39, 0.29) is 12.4 Å². The highest BCUT2D eigenvalue weighted by Gasteiger charge is 2.41. The van der Waals surface area contributed by atoms with Gasteiger partial charge in [0.2, 0.25) is 0 Å². The Balaban J connectivity index is 1.90. The van der Waals surface area contributed by atoms with Gasteiger partial charge in [0.15, 0.2) is 12.4 Å². The maximum absolute atomic E-state index is 10.2. The fraction of sp³-hybridized carbons (Fsp3) is 0.885. The zero-order valence-electron chi connectivity index (χ0n) is 20.0. The van der Waals surface area contributed by atoms with Crippen LogP contribution in [0.4, 0.5) is 0 Å². The molecule has 3 heteroatoms. The lowest BCUT2D eigenvalue weighted by molar-refractivity contribution is -0.976. The quantitative estimate of drug-likeness (QED) is 0.135. The van der Waals surface area contributed by atoms with Gasteiger partial charge in [0.05, 0.1) is 12.8 Å². The largest absolute Gasteiger partial charge is 0.345 e. The molecule has 170 valence electrons. The highest BCUT2D eigenvalue weighted by atomic mass is 16.3. The zero-order valence-corrected chi connectivity index (χ0v) is 20.0.